The summed E-state index contributed by atoms with van der Waals surface area (Å²) in [7, 11) is 0. The maximum absolute atomic E-state index is 13.1. The number of nitrogens with zero attached hydrogens (tertiary/aromatic N) is 1. The Morgan fingerprint density at radius 3 is 2.33 bits per heavy atom. The summed E-state index contributed by atoms with van der Waals surface area (Å²) in [5.74, 6) is 0.166. The molecule has 3 aromatic carbocycles. The SMILES string of the molecule is O=C(CCc1cnoc1-c1ccc(F)cc1)Nc1ccc(Cc2ccccc2)cc1. The van der Waals surface area contributed by atoms with E-state index >= 15 is 0 Å². The lowest BCUT2D eigenvalue weighted by Crippen LogP contribution is -2.12. The van der Waals surface area contributed by atoms with Crippen LogP contribution in [0.4, 0.5) is 10.1 Å². The maximum atomic E-state index is 13.1. The van der Waals surface area contributed by atoms with Crippen molar-refractivity contribution in [1.82, 2.24) is 5.16 Å². The lowest BCUT2D eigenvalue weighted by Gasteiger charge is -2.07. The minimum atomic E-state index is -0.311. The number of carbonyl (C=O) groups excluding carboxylic acids is 1. The van der Waals surface area contributed by atoms with Crippen LogP contribution in [0.5, 0.6) is 0 Å². The molecule has 0 aliphatic heterocycles. The highest BCUT2D eigenvalue weighted by Crippen LogP contribution is 2.25. The molecule has 1 aromatic heterocycles. The van der Waals surface area contributed by atoms with Gasteiger partial charge in [0.05, 0.1) is 6.20 Å². The molecule has 150 valence electrons. The molecule has 1 heterocycles. The van der Waals surface area contributed by atoms with Gasteiger partial charge in [-0.3, -0.25) is 4.79 Å². The second-order valence-electron chi connectivity index (χ2n) is 7.09. The minimum absolute atomic E-state index is 0.0861. The third-order valence-corrected chi connectivity index (χ3v) is 4.86. The Bertz CT molecular complexity index is 1100. The first-order valence-electron chi connectivity index (χ1n) is 9.79. The fourth-order valence-electron chi connectivity index (χ4n) is 3.29. The molecule has 1 N–H and O–H groups in total. The van der Waals surface area contributed by atoms with Gasteiger partial charge in [0.15, 0.2) is 5.76 Å². The van der Waals surface area contributed by atoms with Crippen molar-refractivity contribution in [2.75, 3.05) is 5.32 Å². The standard InChI is InChI=1S/C25H21FN2O2/c26-22-11-8-20(9-12-22)25-21(17-27-30-25)10-15-24(29)28-23-13-6-19(7-14-23)16-18-4-2-1-3-5-18/h1-9,11-14,17H,10,15-16H2,(H,28,29). The highest BCUT2D eigenvalue weighted by Gasteiger charge is 2.13. The quantitative estimate of drug-likeness (QED) is 0.437. The monoisotopic (exact) mass is 400 g/mol. The van der Waals surface area contributed by atoms with Crippen LogP contribution in [0, 0.1) is 5.82 Å². The number of hydrogen-bond acceptors (Lipinski definition) is 3. The van der Waals surface area contributed by atoms with E-state index in [1.165, 1.54) is 23.3 Å². The molecule has 0 saturated carbocycles. The van der Waals surface area contributed by atoms with Gasteiger partial charge in [-0.2, -0.15) is 0 Å². The molecular weight excluding hydrogens is 379 g/mol. The number of carbonyl (C=O) groups is 1. The number of hydrogen-bond donors (Lipinski definition) is 1. The van der Waals surface area contributed by atoms with Gasteiger partial charge in [0, 0.05) is 23.2 Å². The molecule has 1 amide bonds. The number of nitrogens with one attached hydrogen (secondary N) is 1. The van der Waals surface area contributed by atoms with Crippen molar-refractivity contribution in [3.05, 3.63) is 108 Å². The third-order valence-electron chi connectivity index (χ3n) is 4.86. The van der Waals surface area contributed by atoms with Gasteiger partial charge < -0.3 is 9.84 Å². The van der Waals surface area contributed by atoms with Gasteiger partial charge in [0.1, 0.15) is 5.82 Å². The van der Waals surface area contributed by atoms with Crippen molar-refractivity contribution in [2.24, 2.45) is 0 Å². The Morgan fingerprint density at radius 1 is 0.900 bits per heavy atom. The van der Waals surface area contributed by atoms with Crippen LogP contribution in [0.2, 0.25) is 0 Å². The van der Waals surface area contributed by atoms with Crippen LogP contribution in [0.25, 0.3) is 11.3 Å². The van der Waals surface area contributed by atoms with E-state index < -0.39 is 0 Å². The highest BCUT2D eigenvalue weighted by molar-refractivity contribution is 5.90. The number of amides is 1. The Balaban J connectivity index is 1.32. The molecule has 30 heavy (non-hydrogen) atoms. The molecule has 0 radical (unpaired) electrons. The normalized spacial score (nSPS) is 10.7. The van der Waals surface area contributed by atoms with Crippen LogP contribution in [0.15, 0.2) is 89.6 Å². The zero-order valence-corrected chi connectivity index (χ0v) is 16.3. The topological polar surface area (TPSA) is 55.1 Å². The van der Waals surface area contributed by atoms with E-state index in [0.29, 0.717) is 18.6 Å². The molecule has 0 saturated heterocycles. The van der Waals surface area contributed by atoms with Gasteiger partial charge in [-0.15, -0.1) is 0 Å². The van der Waals surface area contributed by atoms with Crippen LogP contribution in [0.1, 0.15) is 23.1 Å². The summed E-state index contributed by atoms with van der Waals surface area (Å²) >= 11 is 0. The van der Waals surface area contributed by atoms with E-state index in [-0.39, 0.29) is 11.7 Å². The van der Waals surface area contributed by atoms with Crippen molar-refractivity contribution in [2.45, 2.75) is 19.3 Å². The summed E-state index contributed by atoms with van der Waals surface area (Å²) in [5, 5.41) is 6.75. The van der Waals surface area contributed by atoms with E-state index in [4.69, 9.17) is 4.52 Å². The van der Waals surface area contributed by atoms with E-state index in [2.05, 4.69) is 22.6 Å². The summed E-state index contributed by atoms with van der Waals surface area (Å²) < 4.78 is 18.4. The van der Waals surface area contributed by atoms with Crippen molar-refractivity contribution in [1.29, 1.82) is 0 Å². The molecule has 0 unspecified atom stereocenters. The average Bonchev–Trinajstić information content (AvgIpc) is 3.24. The lowest BCUT2D eigenvalue weighted by molar-refractivity contribution is -0.116. The predicted octanol–water partition coefficient (Wildman–Crippen LogP) is 5.64. The molecular formula is C25H21FN2O2. The first-order valence-corrected chi connectivity index (χ1v) is 9.79. The lowest BCUT2D eigenvalue weighted by atomic mass is 10.0. The van der Waals surface area contributed by atoms with Gasteiger partial charge in [-0.1, -0.05) is 47.6 Å². The van der Waals surface area contributed by atoms with E-state index in [1.807, 2.05) is 42.5 Å². The van der Waals surface area contributed by atoms with Gasteiger partial charge in [-0.25, -0.2) is 4.39 Å². The predicted molar refractivity (Wildman–Crippen MR) is 115 cm³/mol. The number of benzene rings is 3. The summed E-state index contributed by atoms with van der Waals surface area (Å²) in [6.45, 7) is 0. The zero-order chi connectivity index (χ0) is 20.8. The molecule has 4 nitrogen and oxygen atoms in total. The van der Waals surface area contributed by atoms with Crippen molar-refractivity contribution >= 4 is 11.6 Å². The van der Waals surface area contributed by atoms with Gasteiger partial charge in [0.25, 0.3) is 0 Å². The largest absolute Gasteiger partial charge is 0.356 e. The molecule has 0 fully saturated rings. The van der Waals surface area contributed by atoms with Gasteiger partial charge in [0.2, 0.25) is 5.91 Å². The maximum Gasteiger partial charge on any atom is 0.224 e. The van der Waals surface area contributed by atoms with Crippen LogP contribution >= 0.6 is 0 Å². The first-order chi connectivity index (χ1) is 14.7. The minimum Gasteiger partial charge on any atom is -0.356 e. The number of aromatic nitrogens is 1. The second-order valence-corrected chi connectivity index (χ2v) is 7.09. The number of anilines is 1. The molecule has 5 heteroatoms. The van der Waals surface area contributed by atoms with E-state index in [1.54, 1.807) is 18.3 Å². The highest BCUT2D eigenvalue weighted by atomic mass is 19.1. The fraction of sp³-hybridized carbons (Fsp3) is 0.120. The number of aryl methyl sites for hydroxylation is 1. The van der Waals surface area contributed by atoms with E-state index in [0.717, 1.165) is 23.2 Å². The summed E-state index contributed by atoms with van der Waals surface area (Å²) in [4.78, 5) is 12.4. The van der Waals surface area contributed by atoms with Crippen LogP contribution in [0.3, 0.4) is 0 Å². The van der Waals surface area contributed by atoms with Gasteiger partial charge in [-0.05, 0) is 60.4 Å². The Labute approximate surface area is 174 Å². The zero-order valence-electron chi connectivity index (χ0n) is 16.3. The fourth-order valence-corrected chi connectivity index (χ4v) is 3.29. The Morgan fingerprint density at radius 2 is 1.60 bits per heavy atom. The molecule has 0 aliphatic carbocycles. The van der Waals surface area contributed by atoms with Crippen LogP contribution in [-0.4, -0.2) is 11.1 Å². The number of halogens is 1. The third kappa shape index (κ3) is 5.00. The van der Waals surface area contributed by atoms with Crippen LogP contribution in [-0.2, 0) is 17.6 Å². The summed E-state index contributed by atoms with van der Waals surface area (Å²) in [6.07, 6.45) is 3.23. The van der Waals surface area contributed by atoms with Crippen molar-refractivity contribution in [3.63, 3.8) is 0 Å². The number of rotatable bonds is 7. The van der Waals surface area contributed by atoms with Crippen molar-refractivity contribution in [3.8, 4) is 11.3 Å². The van der Waals surface area contributed by atoms with Gasteiger partial charge >= 0.3 is 0 Å². The first kappa shape index (κ1) is 19.6. The molecule has 0 atom stereocenters. The van der Waals surface area contributed by atoms with E-state index in [9.17, 15) is 9.18 Å². The second kappa shape index (κ2) is 9.18. The van der Waals surface area contributed by atoms with Crippen LogP contribution < -0.4 is 5.32 Å². The summed E-state index contributed by atoms with van der Waals surface area (Å²) in [5.41, 5.74) is 4.75. The molecule has 0 aliphatic rings. The molecule has 4 rings (SSSR count). The Kier molecular flexibility index (Phi) is 5.99. The molecule has 0 spiro atoms. The average molecular weight is 400 g/mol. The molecule has 0 bridgehead atoms. The smallest absolute Gasteiger partial charge is 0.224 e. The summed E-state index contributed by atoms with van der Waals surface area (Å²) in [6, 6.07) is 24.1. The Hall–Kier alpha value is -3.73. The molecule has 4 aromatic rings. The van der Waals surface area contributed by atoms with Crippen molar-refractivity contribution < 1.29 is 13.7 Å².